The van der Waals surface area contributed by atoms with Crippen molar-refractivity contribution < 1.29 is 19.0 Å². The van der Waals surface area contributed by atoms with Crippen molar-refractivity contribution in [2.75, 3.05) is 0 Å². The lowest BCUT2D eigenvalue weighted by Crippen LogP contribution is -2.08. The van der Waals surface area contributed by atoms with Gasteiger partial charge in [0, 0.05) is 5.56 Å². The summed E-state index contributed by atoms with van der Waals surface area (Å²) in [6.45, 7) is 0. The van der Waals surface area contributed by atoms with Gasteiger partial charge in [-0.1, -0.05) is 0 Å². The van der Waals surface area contributed by atoms with E-state index in [0.717, 1.165) is 6.07 Å². The SMILES string of the molecule is Oc1ccc(C2(O)CC2)c(F)c1F. The lowest BCUT2D eigenvalue weighted by molar-refractivity contribution is 0.145. The number of phenolic OH excluding ortho intramolecular Hbond substituents is 1. The number of hydrogen-bond acceptors (Lipinski definition) is 2. The number of hydrogen-bond donors (Lipinski definition) is 2. The monoisotopic (exact) mass is 186 g/mol. The maximum Gasteiger partial charge on any atom is 0.200 e. The molecule has 0 saturated heterocycles. The maximum atomic E-state index is 13.1. The van der Waals surface area contributed by atoms with Crippen LogP contribution in [0, 0.1) is 11.6 Å². The molecule has 1 aliphatic carbocycles. The van der Waals surface area contributed by atoms with Crippen molar-refractivity contribution in [3.8, 4) is 5.75 Å². The summed E-state index contributed by atoms with van der Waals surface area (Å²) in [5, 5.41) is 18.3. The second-order valence-corrected chi connectivity index (χ2v) is 3.29. The second kappa shape index (κ2) is 2.42. The molecule has 2 nitrogen and oxygen atoms in total. The van der Waals surface area contributed by atoms with E-state index in [4.69, 9.17) is 5.11 Å². The van der Waals surface area contributed by atoms with Crippen LogP contribution >= 0.6 is 0 Å². The Bertz CT molecular complexity index is 359. The van der Waals surface area contributed by atoms with Crippen molar-refractivity contribution in [1.82, 2.24) is 0 Å². The lowest BCUT2D eigenvalue weighted by atomic mass is 10.1. The third kappa shape index (κ3) is 1.18. The molecule has 1 aliphatic rings. The van der Waals surface area contributed by atoms with Crippen LogP contribution in [0.5, 0.6) is 5.75 Å². The normalized spacial score (nSPS) is 18.7. The third-order valence-corrected chi connectivity index (χ3v) is 2.29. The Morgan fingerprint density at radius 2 is 1.77 bits per heavy atom. The zero-order valence-electron chi connectivity index (χ0n) is 6.72. The highest BCUT2D eigenvalue weighted by atomic mass is 19.2. The van der Waals surface area contributed by atoms with E-state index < -0.39 is 23.0 Å². The molecule has 0 heterocycles. The first-order valence-corrected chi connectivity index (χ1v) is 3.94. The van der Waals surface area contributed by atoms with Crippen LogP contribution in [0.2, 0.25) is 0 Å². The van der Waals surface area contributed by atoms with Crippen LogP contribution < -0.4 is 0 Å². The van der Waals surface area contributed by atoms with E-state index in [-0.39, 0.29) is 5.56 Å². The highest BCUT2D eigenvalue weighted by molar-refractivity contribution is 5.35. The van der Waals surface area contributed by atoms with Gasteiger partial charge < -0.3 is 10.2 Å². The highest BCUT2D eigenvalue weighted by Crippen LogP contribution is 2.47. The summed E-state index contributed by atoms with van der Waals surface area (Å²) in [6.07, 6.45) is 0.877. The molecular formula is C9H8F2O2. The quantitative estimate of drug-likeness (QED) is 0.700. The number of rotatable bonds is 1. The molecule has 1 saturated carbocycles. The lowest BCUT2D eigenvalue weighted by Gasteiger charge is -2.09. The van der Waals surface area contributed by atoms with Crippen molar-refractivity contribution in [2.45, 2.75) is 18.4 Å². The van der Waals surface area contributed by atoms with Crippen LogP contribution in [-0.4, -0.2) is 10.2 Å². The van der Waals surface area contributed by atoms with E-state index in [1.54, 1.807) is 0 Å². The first-order valence-electron chi connectivity index (χ1n) is 3.94. The molecule has 1 aromatic rings. The largest absolute Gasteiger partial charge is 0.505 e. The fraction of sp³-hybridized carbons (Fsp3) is 0.333. The molecule has 0 bridgehead atoms. The van der Waals surface area contributed by atoms with Crippen molar-refractivity contribution in [1.29, 1.82) is 0 Å². The van der Waals surface area contributed by atoms with E-state index in [1.807, 2.05) is 0 Å². The fourth-order valence-electron chi connectivity index (χ4n) is 1.29. The van der Waals surface area contributed by atoms with Crippen LogP contribution in [0.4, 0.5) is 8.78 Å². The van der Waals surface area contributed by atoms with Gasteiger partial charge in [0.25, 0.3) is 0 Å². The Hall–Kier alpha value is -1.16. The minimum absolute atomic E-state index is 0.0669. The molecule has 1 fully saturated rings. The van der Waals surface area contributed by atoms with Crippen LogP contribution in [0.25, 0.3) is 0 Å². The Morgan fingerprint density at radius 1 is 1.15 bits per heavy atom. The molecule has 0 radical (unpaired) electrons. The molecule has 0 unspecified atom stereocenters. The molecule has 0 amide bonds. The summed E-state index contributed by atoms with van der Waals surface area (Å²) in [7, 11) is 0. The molecular weight excluding hydrogens is 178 g/mol. The Morgan fingerprint density at radius 3 is 2.31 bits per heavy atom. The molecule has 1 aromatic carbocycles. The van der Waals surface area contributed by atoms with Gasteiger partial charge in [-0.25, -0.2) is 4.39 Å². The van der Waals surface area contributed by atoms with Gasteiger partial charge >= 0.3 is 0 Å². The molecule has 0 spiro atoms. The molecule has 13 heavy (non-hydrogen) atoms. The standard InChI is InChI=1S/C9H8F2O2/c10-7-5(9(13)3-4-9)1-2-6(12)8(7)11/h1-2,12-13H,3-4H2. The van der Waals surface area contributed by atoms with Gasteiger partial charge in [0.1, 0.15) is 0 Å². The zero-order valence-corrected chi connectivity index (χ0v) is 6.72. The van der Waals surface area contributed by atoms with Gasteiger partial charge in [-0.05, 0) is 25.0 Å². The Balaban J connectivity index is 2.54. The summed E-state index contributed by atoms with van der Waals surface area (Å²) < 4.78 is 25.9. The minimum Gasteiger partial charge on any atom is -0.505 e. The summed E-state index contributed by atoms with van der Waals surface area (Å²) in [5.74, 6) is -3.18. The number of halogens is 2. The smallest absolute Gasteiger partial charge is 0.200 e. The van der Waals surface area contributed by atoms with Gasteiger partial charge in [-0.3, -0.25) is 0 Å². The van der Waals surface area contributed by atoms with Gasteiger partial charge in [-0.15, -0.1) is 0 Å². The predicted octanol–water partition coefficient (Wildman–Crippen LogP) is 1.65. The van der Waals surface area contributed by atoms with Crippen molar-refractivity contribution in [2.24, 2.45) is 0 Å². The maximum absolute atomic E-state index is 13.1. The number of benzene rings is 1. The number of aliphatic hydroxyl groups is 1. The van der Waals surface area contributed by atoms with Crippen LogP contribution in [-0.2, 0) is 5.60 Å². The second-order valence-electron chi connectivity index (χ2n) is 3.29. The van der Waals surface area contributed by atoms with Gasteiger partial charge in [0.05, 0.1) is 5.60 Å². The average Bonchev–Trinajstić information content (AvgIpc) is 2.80. The summed E-state index contributed by atoms with van der Waals surface area (Å²) in [4.78, 5) is 0. The van der Waals surface area contributed by atoms with Gasteiger partial charge in [0.15, 0.2) is 11.6 Å². The summed E-state index contributed by atoms with van der Waals surface area (Å²) in [6, 6.07) is 2.25. The topological polar surface area (TPSA) is 40.5 Å². The molecule has 0 atom stereocenters. The van der Waals surface area contributed by atoms with Crippen LogP contribution in [0.1, 0.15) is 18.4 Å². The molecule has 70 valence electrons. The Kier molecular flexibility index (Phi) is 1.57. The average molecular weight is 186 g/mol. The highest BCUT2D eigenvalue weighted by Gasteiger charge is 2.44. The third-order valence-electron chi connectivity index (χ3n) is 2.29. The number of aromatic hydroxyl groups is 1. The number of phenols is 1. The molecule has 2 N–H and O–H groups in total. The summed E-state index contributed by atoms with van der Waals surface area (Å²) >= 11 is 0. The molecule has 2 rings (SSSR count). The van der Waals surface area contributed by atoms with E-state index in [1.165, 1.54) is 6.07 Å². The first kappa shape index (κ1) is 8.44. The van der Waals surface area contributed by atoms with E-state index >= 15 is 0 Å². The molecule has 4 heteroatoms. The fourth-order valence-corrected chi connectivity index (χ4v) is 1.29. The van der Waals surface area contributed by atoms with E-state index in [0.29, 0.717) is 12.8 Å². The van der Waals surface area contributed by atoms with Crippen LogP contribution in [0.15, 0.2) is 12.1 Å². The minimum atomic E-state index is -1.29. The Labute approximate surface area is 73.4 Å². The van der Waals surface area contributed by atoms with E-state index in [2.05, 4.69) is 0 Å². The van der Waals surface area contributed by atoms with Crippen LogP contribution in [0.3, 0.4) is 0 Å². The van der Waals surface area contributed by atoms with Crippen molar-refractivity contribution in [3.63, 3.8) is 0 Å². The molecule has 0 aromatic heterocycles. The van der Waals surface area contributed by atoms with Gasteiger partial charge in [-0.2, -0.15) is 4.39 Å². The summed E-state index contributed by atoms with van der Waals surface area (Å²) in [5.41, 5.74) is -1.28. The molecule has 0 aliphatic heterocycles. The van der Waals surface area contributed by atoms with Crippen molar-refractivity contribution in [3.05, 3.63) is 29.3 Å². The predicted molar refractivity (Wildman–Crippen MR) is 41.2 cm³/mol. The van der Waals surface area contributed by atoms with E-state index in [9.17, 15) is 13.9 Å². The zero-order chi connectivity index (χ0) is 9.64. The van der Waals surface area contributed by atoms with Gasteiger partial charge in [0.2, 0.25) is 5.82 Å². The van der Waals surface area contributed by atoms with Crippen molar-refractivity contribution >= 4 is 0 Å². The first-order chi connectivity index (χ1) is 6.04.